The summed E-state index contributed by atoms with van der Waals surface area (Å²) >= 11 is 1.20. The minimum Gasteiger partial charge on any atom is -0.339 e. The van der Waals surface area contributed by atoms with E-state index in [1.807, 2.05) is 4.90 Å². The molecular formula is C17H18N4O4S. The molecule has 0 radical (unpaired) electrons. The molecule has 1 aliphatic heterocycles. The molecule has 2 fully saturated rings. The summed E-state index contributed by atoms with van der Waals surface area (Å²) in [6.45, 7) is 0.464. The van der Waals surface area contributed by atoms with Gasteiger partial charge in [-0.1, -0.05) is 24.2 Å². The zero-order valence-corrected chi connectivity index (χ0v) is 14.8. The number of aromatic nitrogens is 1. The summed E-state index contributed by atoms with van der Waals surface area (Å²) in [5.74, 6) is -0.533. The Morgan fingerprint density at radius 3 is 2.85 bits per heavy atom. The Hall–Kier alpha value is -2.55. The molecule has 8 nitrogen and oxygen atoms in total. The molecule has 1 aliphatic carbocycles. The molecule has 1 saturated carbocycles. The number of fused-ring (bicyclic) bond motifs is 1. The number of thiazole rings is 1. The predicted molar refractivity (Wildman–Crippen MR) is 97.0 cm³/mol. The van der Waals surface area contributed by atoms with E-state index in [2.05, 4.69) is 10.3 Å². The topological polar surface area (TPSA) is 105 Å². The smallest absolute Gasteiger partial charge is 0.270 e. The first-order chi connectivity index (χ1) is 12.5. The largest absolute Gasteiger partial charge is 0.339 e. The molecule has 1 aromatic heterocycles. The van der Waals surface area contributed by atoms with Gasteiger partial charge in [0.1, 0.15) is 0 Å². The van der Waals surface area contributed by atoms with Gasteiger partial charge in [0.2, 0.25) is 11.8 Å². The van der Waals surface area contributed by atoms with E-state index in [4.69, 9.17) is 0 Å². The van der Waals surface area contributed by atoms with Crippen LogP contribution in [0.15, 0.2) is 18.2 Å². The van der Waals surface area contributed by atoms with Gasteiger partial charge in [0.15, 0.2) is 5.13 Å². The molecule has 136 valence electrons. The number of nitrogens with zero attached hydrogens (tertiary/aromatic N) is 3. The maximum Gasteiger partial charge on any atom is 0.270 e. The van der Waals surface area contributed by atoms with Crippen molar-refractivity contribution in [3.63, 3.8) is 0 Å². The van der Waals surface area contributed by atoms with Crippen molar-refractivity contribution in [2.75, 3.05) is 11.9 Å². The molecule has 4 rings (SSSR count). The monoisotopic (exact) mass is 374 g/mol. The highest BCUT2D eigenvalue weighted by molar-refractivity contribution is 7.22. The summed E-state index contributed by atoms with van der Waals surface area (Å²) in [5, 5.41) is 14.0. The number of benzene rings is 1. The SMILES string of the molecule is O=C(Nc1nc2ccc([N+](=O)[O-])cc2s1)C1CC(=O)N(C2CCCC2)C1. The molecule has 9 heteroatoms. The van der Waals surface area contributed by atoms with Crippen LogP contribution in [0.25, 0.3) is 10.2 Å². The lowest BCUT2D eigenvalue weighted by molar-refractivity contribution is -0.384. The second-order valence-electron chi connectivity index (χ2n) is 6.80. The van der Waals surface area contributed by atoms with E-state index in [1.54, 1.807) is 6.07 Å². The van der Waals surface area contributed by atoms with Crippen LogP contribution in [0.3, 0.4) is 0 Å². The van der Waals surface area contributed by atoms with Crippen molar-refractivity contribution in [1.29, 1.82) is 0 Å². The number of rotatable bonds is 4. The molecule has 1 saturated heterocycles. The Morgan fingerprint density at radius 1 is 1.35 bits per heavy atom. The molecule has 1 N–H and O–H groups in total. The minimum absolute atomic E-state index is 0.00683. The normalized spacial score (nSPS) is 20.8. The summed E-state index contributed by atoms with van der Waals surface area (Å²) in [6.07, 6.45) is 4.57. The summed E-state index contributed by atoms with van der Waals surface area (Å²) in [7, 11) is 0. The molecule has 2 heterocycles. The number of nitrogens with one attached hydrogen (secondary N) is 1. The first kappa shape index (κ1) is 16.9. The van der Waals surface area contributed by atoms with Gasteiger partial charge in [0.25, 0.3) is 5.69 Å². The van der Waals surface area contributed by atoms with Crippen molar-refractivity contribution >= 4 is 44.2 Å². The van der Waals surface area contributed by atoms with E-state index in [0.717, 1.165) is 25.7 Å². The third-order valence-corrected chi connectivity index (χ3v) is 6.04. The Kier molecular flexibility index (Phi) is 4.31. The van der Waals surface area contributed by atoms with Gasteiger partial charge in [0.05, 0.1) is 21.1 Å². The highest BCUT2D eigenvalue weighted by Gasteiger charge is 2.38. The second kappa shape index (κ2) is 6.64. The zero-order valence-electron chi connectivity index (χ0n) is 14.0. The van der Waals surface area contributed by atoms with Gasteiger partial charge < -0.3 is 10.2 Å². The number of amides is 2. The van der Waals surface area contributed by atoms with Crippen molar-refractivity contribution in [3.8, 4) is 0 Å². The van der Waals surface area contributed by atoms with Gasteiger partial charge in [-0.15, -0.1) is 0 Å². The molecule has 2 aromatic rings. The van der Waals surface area contributed by atoms with E-state index in [0.29, 0.717) is 21.9 Å². The van der Waals surface area contributed by atoms with E-state index in [1.165, 1.54) is 23.5 Å². The van der Waals surface area contributed by atoms with Crippen LogP contribution in [-0.4, -0.2) is 39.2 Å². The fourth-order valence-electron chi connectivity index (χ4n) is 3.76. The Balaban J connectivity index is 1.45. The van der Waals surface area contributed by atoms with Crippen LogP contribution in [0.2, 0.25) is 0 Å². The van der Waals surface area contributed by atoms with Crippen molar-refractivity contribution in [3.05, 3.63) is 28.3 Å². The van der Waals surface area contributed by atoms with Crippen LogP contribution < -0.4 is 5.32 Å². The van der Waals surface area contributed by atoms with Crippen molar-refractivity contribution in [1.82, 2.24) is 9.88 Å². The van der Waals surface area contributed by atoms with Crippen molar-refractivity contribution in [2.24, 2.45) is 5.92 Å². The number of nitro groups is 1. The first-order valence-electron chi connectivity index (χ1n) is 8.66. The van der Waals surface area contributed by atoms with Crippen LogP contribution in [-0.2, 0) is 9.59 Å². The van der Waals surface area contributed by atoms with Crippen LogP contribution in [0.4, 0.5) is 10.8 Å². The summed E-state index contributed by atoms with van der Waals surface area (Å²) in [6, 6.07) is 4.69. The lowest BCUT2D eigenvalue weighted by Gasteiger charge is -2.23. The number of carbonyl (C=O) groups is 2. The fourth-order valence-corrected chi connectivity index (χ4v) is 4.67. The zero-order chi connectivity index (χ0) is 18.3. The highest BCUT2D eigenvalue weighted by Crippen LogP contribution is 2.32. The third kappa shape index (κ3) is 3.14. The molecule has 1 atom stereocenters. The molecule has 0 bridgehead atoms. The van der Waals surface area contributed by atoms with Gasteiger partial charge in [-0.05, 0) is 18.9 Å². The van der Waals surface area contributed by atoms with E-state index < -0.39 is 4.92 Å². The number of carbonyl (C=O) groups excluding carboxylic acids is 2. The van der Waals surface area contributed by atoms with Crippen LogP contribution >= 0.6 is 11.3 Å². The van der Waals surface area contributed by atoms with Crippen molar-refractivity contribution < 1.29 is 14.5 Å². The molecule has 1 unspecified atom stereocenters. The van der Waals surface area contributed by atoms with Gasteiger partial charge in [0, 0.05) is 31.1 Å². The number of nitro benzene ring substituents is 1. The standard InChI is InChI=1S/C17H18N4O4S/c22-15-7-10(9-20(15)11-3-1-2-4-11)16(23)19-17-18-13-6-5-12(21(24)25)8-14(13)26-17/h5-6,8,10-11H,1-4,7,9H2,(H,18,19,23). The lowest BCUT2D eigenvalue weighted by atomic mass is 10.1. The lowest BCUT2D eigenvalue weighted by Crippen LogP contribution is -2.35. The Morgan fingerprint density at radius 2 is 2.12 bits per heavy atom. The van der Waals surface area contributed by atoms with Gasteiger partial charge in [-0.2, -0.15) is 0 Å². The molecular weight excluding hydrogens is 356 g/mol. The number of hydrogen-bond donors (Lipinski definition) is 1. The second-order valence-corrected chi connectivity index (χ2v) is 7.83. The molecule has 2 amide bonds. The average molecular weight is 374 g/mol. The van der Waals surface area contributed by atoms with Crippen LogP contribution in [0.5, 0.6) is 0 Å². The van der Waals surface area contributed by atoms with Gasteiger partial charge in [-0.25, -0.2) is 4.98 Å². The molecule has 0 spiro atoms. The van der Waals surface area contributed by atoms with E-state index in [-0.39, 0.29) is 35.9 Å². The average Bonchev–Trinajstić information content (AvgIpc) is 3.32. The highest BCUT2D eigenvalue weighted by atomic mass is 32.1. The maximum atomic E-state index is 12.5. The fraction of sp³-hybridized carbons (Fsp3) is 0.471. The quantitative estimate of drug-likeness (QED) is 0.654. The predicted octanol–water partition coefficient (Wildman–Crippen LogP) is 2.93. The Labute approximate surface area is 153 Å². The third-order valence-electron chi connectivity index (χ3n) is 5.11. The molecule has 26 heavy (non-hydrogen) atoms. The van der Waals surface area contributed by atoms with Crippen LogP contribution in [0.1, 0.15) is 32.1 Å². The summed E-state index contributed by atoms with van der Waals surface area (Å²) < 4.78 is 0.643. The van der Waals surface area contributed by atoms with Gasteiger partial charge >= 0.3 is 0 Å². The number of likely N-dealkylation sites (tertiary alicyclic amines) is 1. The molecule has 2 aliphatic rings. The maximum absolute atomic E-state index is 12.5. The van der Waals surface area contributed by atoms with Crippen LogP contribution in [0, 0.1) is 16.0 Å². The van der Waals surface area contributed by atoms with Gasteiger partial charge in [-0.3, -0.25) is 19.7 Å². The Bertz CT molecular complexity index is 890. The summed E-state index contributed by atoms with van der Waals surface area (Å²) in [5.41, 5.74) is 0.596. The molecule has 1 aromatic carbocycles. The van der Waals surface area contributed by atoms with E-state index in [9.17, 15) is 19.7 Å². The number of anilines is 1. The minimum atomic E-state index is -0.459. The van der Waals surface area contributed by atoms with Crippen molar-refractivity contribution in [2.45, 2.75) is 38.1 Å². The summed E-state index contributed by atoms with van der Waals surface area (Å²) in [4.78, 5) is 41.3. The number of non-ortho nitro benzene ring substituents is 1. The van der Waals surface area contributed by atoms with E-state index >= 15 is 0 Å². The number of hydrogen-bond acceptors (Lipinski definition) is 6. The first-order valence-corrected chi connectivity index (χ1v) is 9.48.